The number of para-hydroxylation sites is 1. The molecule has 9 heteroatoms. The summed E-state index contributed by atoms with van der Waals surface area (Å²) in [6, 6.07) is 18.8. The zero-order valence-corrected chi connectivity index (χ0v) is 17.7. The number of amides is 3. The summed E-state index contributed by atoms with van der Waals surface area (Å²) in [5.41, 5.74) is 2.50. The number of carbonyl (C=O) groups excluding carboxylic acids is 2. The highest BCUT2D eigenvalue weighted by Gasteiger charge is 2.30. The summed E-state index contributed by atoms with van der Waals surface area (Å²) in [7, 11) is 0. The molecule has 0 radical (unpaired) electrons. The molecular weight excluding hydrogens is 408 g/mol. The van der Waals surface area contributed by atoms with Crippen LogP contribution in [0.2, 0.25) is 0 Å². The Morgan fingerprint density at radius 3 is 2.62 bits per heavy atom. The number of urea groups is 1. The molecule has 2 aromatic carbocycles. The van der Waals surface area contributed by atoms with Crippen molar-refractivity contribution in [1.82, 2.24) is 25.2 Å². The molecule has 1 atom stereocenters. The van der Waals surface area contributed by atoms with Gasteiger partial charge in [0.15, 0.2) is 0 Å². The molecule has 2 N–H and O–H groups in total. The lowest BCUT2D eigenvalue weighted by Crippen LogP contribution is -2.43. The molecule has 0 bridgehead atoms. The van der Waals surface area contributed by atoms with Gasteiger partial charge in [0.25, 0.3) is 0 Å². The van der Waals surface area contributed by atoms with Gasteiger partial charge >= 0.3 is 6.03 Å². The number of nitrogens with zero attached hydrogens (tertiary/aromatic N) is 4. The van der Waals surface area contributed by atoms with Gasteiger partial charge in [0, 0.05) is 18.8 Å². The average molecular weight is 434 g/mol. The molecule has 9 nitrogen and oxygen atoms in total. The number of anilines is 1. The van der Waals surface area contributed by atoms with Crippen LogP contribution < -0.4 is 10.6 Å². The predicted octanol–water partition coefficient (Wildman–Crippen LogP) is 2.59. The van der Waals surface area contributed by atoms with Gasteiger partial charge in [-0.05, 0) is 24.1 Å². The van der Waals surface area contributed by atoms with Crippen LogP contribution in [0, 0.1) is 0 Å². The Morgan fingerprint density at radius 2 is 1.84 bits per heavy atom. The second-order valence-electron chi connectivity index (χ2n) is 7.54. The van der Waals surface area contributed by atoms with Gasteiger partial charge in [-0.2, -0.15) is 0 Å². The third-order valence-electron chi connectivity index (χ3n) is 5.18. The van der Waals surface area contributed by atoms with Crippen molar-refractivity contribution in [1.29, 1.82) is 0 Å². The van der Waals surface area contributed by atoms with E-state index in [1.54, 1.807) is 9.58 Å². The quantitative estimate of drug-likeness (QED) is 0.531. The average Bonchev–Trinajstić information content (AvgIpc) is 3.27. The van der Waals surface area contributed by atoms with E-state index in [0.29, 0.717) is 32.7 Å². The summed E-state index contributed by atoms with van der Waals surface area (Å²) in [6.45, 7) is 2.03. The fourth-order valence-corrected chi connectivity index (χ4v) is 3.59. The molecule has 1 aliphatic rings. The van der Waals surface area contributed by atoms with Crippen molar-refractivity contribution in [3.8, 4) is 0 Å². The Kier molecular flexibility index (Phi) is 7.08. The van der Waals surface area contributed by atoms with Crippen LogP contribution in [0.15, 0.2) is 66.9 Å². The lowest BCUT2D eigenvalue weighted by molar-refractivity contribution is -0.149. The molecule has 32 heavy (non-hydrogen) atoms. The zero-order valence-electron chi connectivity index (χ0n) is 17.7. The third kappa shape index (κ3) is 5.70. The molecule has 2 heterocycles. The van der Waals surface area contributed by atoms with E-state index >= 15 is 0 Å². The number of rotatable bonds is 8. The van der Waals surface area contributed by atoms with Gasteiger partial charge in [0.05, 0.1) is 25.4 Å². The number of aryl methyl sites for hydroxylation is 1. The van der Waals surface area contributed by atoms with Crippen LogP contribution in [0.1, 0.15) is 23.7 Å². The highest BCUT2D eigenvalue weighted by atomic mass is 16.5. The van der Waals surface area contributed by atoms with Crippen LogP contribution in [-0.4, -0.2) is 51.6 Å². The Morgan fingerprint density at radius 1 is 1.09 bits per heavy atom. The number of ether oxygens (including phenoxy) is 1. The minimum absolute atomic E-state index is 0.0618. The first kappa shape index (κ1) is 21.5. The first-order chi connectivity index (χ1) is 15.7. The molecule has 0 aliphatic carbocycles. The Hall–Kier alpha value is -3.72. The molecule has 166 valence electrons. The molecule has 1 fully saturated rings. The minimum Gasteiger partial charge on any atom is -0.369 e. The van der Waals surface area contributed by atoms with E-state index in [0.717, 1.165) is 16.9 Å². The molecule has 4 rings (SSSR count). The summed E-state index contributed by atoms with van der Waals surface area (Å²) >= 11 is 0. The maximum absolute atomic E-state index is 12.5. The van der Waals surface area contributed by atoms with Crippen LogP contribution in [-0.2, 0) is 22.6 Å². The monoisotopic (exact) mass is 434 g/mol. The second kappa shape index (κ2) is 10.5. The maximum atomic E-state index is 12.5. The molecule has 1 aromatic heterocycles. The molecule has 3 aromatic rings. The maximum Gasteiger partial charge on any atom is 0.319 e. The van der Waals surface area contributed by atoms with E-state index in [1.165, 1.54) is 0 Å². The molecule has 0 spiro atoms. The van der Waals surface area contributed by atoms with Crippen molar-refractivity contribution in [3.05, 3.63) is 78.1 Å². The van der Waals surface area contributed by atoms with Gasteiger partial charge < -0.3 is 20.3 Å². The Bertz CT molecular complexity index is 1020. The summed E-state index contributed by atoms with van der Waals surface area (Å²) in [6.07, 6.45) is 2.54. The molecular formula is C23H26N6O3. The Labute approximate surface area is 186 Å². The summed E-state index contributed by atoms with van der Waals surface area (Å²) in [4.78, 5) is 26.2. The fraction of sp³-hybridized carbons (Fsp3) is 0.304. The van der Waals surface area contributed by atoms with Gasteiger partial charge in [0.1, 0.15) is 12.3 Å². The van der Waals surface area contributed by atoms with Crippen molar-refractivity contribution in [2.24, 2.45) is 0 Å². The molecule has 3 amide bonds. The van der Waals surface area contributed by atoms with Gasteiger partial charge in [-0.25, -0.2) is 4.79 Å². The smallest absolute Gasteiger partial charge is 0.319 e. The molecule has 0 saturated carbocycles. The van der Waals surface area contributed by atoms with Gasteiger partial charge in [-0.15, -0.1) is 5.10 Å². The first-order valence-electron chi connectivity index (χ1n) is 10.6. The lowest BCUT2D eigenvalue weighted by atomic mass is 10.0. The predicted molar refractivity (Wildman–Crippen MR) is 119 cm³/mol. The van der Waals surface area contributed by atoms with E-state index in [2.05, 4.69) is 20.9 Å². The summed E-state index contributed by atoms with van der Waals surface area (Å²) in [5.74, 6) is -0.0618. The Balaban J connectivity index is 1.26. The number of hydrogen-bond acceptors (Lipinski definition) is 5. The van der Waals surface area contributed by atoms with Crippen molar-refractivity contribution in [2.75, 3.05) is 25.1 Å². The van der Waals surface area contributed by atoms with Crippen molar-refractivity contribution >= 4 is 17.6 Å². The van der Waals surface area contributed by atoms with Gasteiger partial charge in [-0.3, -0.25) is 9.48 Å². The van der Waals surface area contributed by atoms with Crippen LogP contribution >= 0.6 is 0 Å². The van der Waals surface area contributed by atoms with Crippen molar-refractivity contribution < 1.29 is 14.3 Å². The van der Waals surface area contributed by atoms with E-state index in [1.807, 2.05) is 66.9 Å². The number of benzene rings is 2. The zero-order chi connectivity index (χ0) is 22.2. The number of carbonyl (C=O) groups is 2. The second-order valence-corrected chi connectivity index (χ2v) is 7.54. The van der Waals surface area contributed by atoms with Crippen LogP contribution in [0.5, 0.6) is 0 Å². The number of hydrogen-bond donors (Lipinski definition) is 2. The largest absolute Gasteiger partial charge is 0.369 e. The highest BCUT2D eigenvalue weighted by molar-refractivity contribution is 5.89. The SMILES string of the molecule is O=C(NCCCn1cc(CN2C(=O)COC[C@H]2c2ccccc2)nn1)Nc1ccccc1. The van der Waals surface area contributed by atoms with Crippen LogP contribution in [0.25, 0.3) is 0 Å². The van der Waals surface area contributed by atoms with E-state index < -0.39 is 0 Å². The molecule has 1 saturated heterocycles. The third-order valence-corrected chi connectivity index (χ3v) is 5.18. The van der Waals surface area contributed by atoms with E-state index in [9.17, 15) is 9.59 Å². The van der Waals surface area contributed by atoms with E-state index in [4.69, 9.17) is 4.74 Å². The molecule has 1 aliphatic heterocycles. The summed E-state index contributed by atoms with van der Waals surface area (Å²) < 4.78 is 7.20. The van der Waals surface area contributed by atoms with Gasteiger partial charge in [0.2, 0.25) is 5.91 Å². The normalized spacial score (nSPS) is 16.1. The van der Waals surface area contributed by atoms with Crippen LogP contribution in [0.3, 0.4) is 0 Å². The van der Waals surface area contributed by atoms with Gasteiger partial charge in [-0.1, -0.05) is 53.7 Å². The number of aromatic nitrogens is 3. The summed E-state index contributed by atoms with van der Waals surface area (Å²) in [5, 5.41) is 14.0. The topological polar surface area (TPSA) is 101 Å². The standard InChI is InChI=1S/C23H26N6O3/c30-22-17-32-16-21(18-8-3-1-4-9-18)29(22)15-20-14-28(27-26-20)13-7-12-24-23(31)25-19-10-5-2-6-11-19/h1-6,8-11,14,21H,7,12-13,15-17H2,(H2,24,25,31)/t21-/m0/s1. The van der Waals surface area contributed by atoms with Crippen molar-refractivity contribution in [2.45, 2.75) is 25.6 Å². The fourth-order valence-electron chi connectivity index (χ4n) is 3.59. The first-order valence-corrected chi connectivity index (χ1v) is 10.6. The van der Waals surface area contributed by atoms with Crippen molar-refractivity contribution in [3.63, 3.8) is 0 Å². The van der Waals surface area contributed by atoms with E-state index in [-0.39, 0.29) is 24.6 Å². The minimum atomic E-state index is -0.242. The van der Waals surface area contributed by atoms with Crippen LogP contribution in [0.4, 0.5) is 10.5 Å². The lowest BCUT2D eigenvalue weighted by Gasteiger charge is -2.35. The number of nitrogens with one attached hydrogen (secondary N) is 2. The molecule has 0 unspecified atom stereocenters. The number of morpholine rings is 1. The highest BCUT2D eigenvalue weighted by Crippen LogP contribution is 2.26.